The Bertz CT molecular complexity index is 644. The van der Waals surface area contributed by atoms with Crippen LogP contribution in [0.25, 0.3) is 0 Å². The number of amides is 3. The first-order chi connectivity index (χ1) is 12.1. The molecule has 0 unspecified atom stereocenters. The number of ether oxygens (including phenoxy) is 1. The molecule has 26 heavy (non-hydrogen) atoms. The molecular weight excluding hydrogens is 336 g/mol. The summed E-state index contributed by atoms with van der Waals surface area (Å²) in [6, 6.07) is -0.549. The minimum Gasteiger partial charge on any atom is -0.453 e. The van der Waals surface area contributed by atoms with E-state index in [1.54, 1.807) is 0 Å². The fourth-order valence-electron chi connectivity index (χ4n) is 5.05. The van der Waals surface area contributed by atoms with E-state index in [1.807, 2.05) is 0 Å². The van der Waals surface area contributed by atoms with Gasteiger partial charge in [-0.3, -0.25) is 19.3 Å². The first-order valence-electron chi connectivity index (χ1n) is 9.48. The summed E-state index contributed by atoms with van der Waals surface area (Å²) in [5, 5.41) is 2.84. The monoisotopic (exact) mass is 364 g/mol. The fourth-order valence-corrected chi connectivity index (χ4v) is 5.05. The molecular formula is C19H28N2O5. The molecule has 0 aromatic rings. The van der Waals surface area contributed by atoms with Crippen molar-refractivity contribution in [3.05, 3.63) is 0 Å². The van der Waals surface area contributed by atoms with Crippen LogP contribution in [0.2, 0.25) is 0 Å². The summed E-state index contributed by atoms with van der Waals surface area (Å²) in [6.45, 7) is 5.82. The number of ketones is 1. The van der Waals surface area contributed by atoms with Crippen molar-refractivity contribution in [2.75, 3.05) is 6.54 Å². The summed E-state index contributed by atoms with van der Waals surface area (Å²) >= 11 is 0. The Hall–Kier alpha value is -1.92. The zero-order valence-electron chi connectivity index (χ0n) is 15.8. The lowest BCUT2D eigenvalue weighted by Gasteiger charge is -2.43. The van der Waals surface area contributed by atoms with Crippen molar-refractivity contribution in [2.45, 2.75) is 77.4 Å². The molecule has 3 fully saturated rings. The Morgan fingerprint density at radius 3 is 2.62 bits per heavy atom. The molecule has 144 valence electrons. The van der Waals surface area contributed by atoms with Crippen LogP contribution < -0.4 is 5.32 Å². The van der Waals surface area contributed by atoms with Crippen LogP contribution in [0.4, 0.5) is 4.79 Å². The zero-order valence-corrected chi connectivity index (χ0v) is 15.8. The van der Waals surface area contributed by atoms with Crippen LogP contribution in [-0.4, -0.2) is 46.8 Å². The van der Waals surface area contributed by atoms with E-state index < -0.39 is 30.2 Å². The minimum atomic E-state index is -0.931. The lowest BCUT2D eigenvalue weighted by molar-refractivity contribution is -0.158. The lowest BCUT2D eigenvalue weighted by Crippen LogP contribution is -2.54. The third kappa shape index (κ3) is 3.62. The number of nitrogens with zero attached hydrogens (tertiary/aromatic N) is 1. The van der Waals surface area contributed by atoms with E-state index >= 15 is 0 Å². The fraction of sp³-hybridized carbons (Fsp3) is 0.789. The van der Waals surface area contributed by atoms with Gasteiger partial charge in [-0.05, 0) is 49.9 Å². The van der Waals surface area contributed by atoms with Gasteiger partial charge in [0.25, 0.3) is 5.91 Å². The summed E-state index contributed by atoms with van der Waals surface area (Å²) in [6.07, 6.45) is 3.97. The minimum absolute atomic E-state index is 0.0638. The summed E-state index contributed by atoms with van der Waals surface area (Å²) in [5.41, 5.74) is -0.995. The number of hydrogen-bond donors (Lipinski definition) is 1. The van der Waals surface area contributed by atoms with Gasteiger partial charge in [0, 0.05) is 6.42 Å². The van der Waals surface area contributed by atoms with Gasteiger partial charge >= 0.3 is 12.0 Å². The highest BCUT2D eigenvalue weighted by Crippen LogP contribution is 2.46. The van der Waals surface area contributed by atoms with E-state index in [2.05, 4.69) is 26.1 Å². The van der Waals surface area contributed by atoms with E-state index in [0.717, 1.165) is 24.2 Å². The number of carbonyl (C=O) groups excluding carboxylic acids is 4. The molecule has 3 amide bonds. The van der Waals surface area contributed by atoms with E-state index in [4.69, 9.17) is 4.74 Å². The molecule has 1 aliphatic heterocycles. The quantitative estimate of drug-likeness (QED) is 0.612. The van der Waals surface area contributed by atoms with Gasteiger partial charge < -0.3 is 10.1 Å². The van der Waals surface area contributed by atoms with Crippen molar-refractivity contribution in [1.82, 2.24) is 10.2 Å². The van der Waals surface area contributed by atoms with Gasteiger partial charge in [-0.1, -0.05) is 20.8 Å². The molecule has 0 aromatic heterocycles. The zero-order chi connectivity index (χ0) is 19.1. The summed E-state index contributed by atoms with van der Waals surface area (Å²) in [4.78, 5) is 50.3. The number of hydrogen-bond acceptors (Lipinski definition) is 5. The second-order valence-electron chi connectivity index (χ2n) is 8.95. The van der Waals surface area contributed by atoms with E-state index in [9.17, 15) is 19.2 Å². The average Bonchev–Trinajstić information content (AvgIpc) is 2.71. The molecule has 7 nitrogen and oxygen atoms in total. The summed E-state index contributed by atoms with van der Waals surface area (Å²) in [5.74, 6) is -0.834. The maximum atomic E-state index is 13.0. The Labute approximate surface area is 153 Å². The van der Waals surface area contributed by atoms with Crippen molar-refractivity contribution in [1.29, 1.82) is 0 Å². The van der Waals surface area contributed by atoms with Gasteiger partial charge in [-0.2, -0.15) is 0 Å². The van der Waals surface area contributed by atoms with Gasteiger partial charge in [0.2, 0.25) is 0 Å². The average molecular weight is 364 g/mol. The maximum Gasteiger partial charge on any atom is 0.326 e. The van der Waals surface area contributed by atoms with Crippen molar-refractivity contribution < 1.29 is 23.9 Å². The van der Waals surface area contributed by atoms with Gasteiger partial charge in [0.05, 0.1) is 0 Å². The molecule has 1 N–H and O–H groups in total. The molecule has 3 aliphatic rings. The molecule has 2 aliphatic carbocycles. The first kappa shape index (κ1) is 18.9. The number of Topliss-reactive ketones (excluding diaryl/α,β-unsaturated/α-hetero) is 1. The number of urea groups is 1. The van der Waals surface area contributed by atoms with Crippen molar-refractivity contribution in [3.8, 4) is 0 Å². The van der Waals surface area contributed by atoms with Crippen LogP contribution in [0.5, 0.6) is 0 Å². The second kappa shape index (κ2) is 6.67. The van der Waals surface area contributed by atoms with Crippen LogP contribution in [0, 0.1) is 11.3 Å². The summed E-state index contributed by atoms with van der Waals surface area (Å²) < 4.78 is 5.24. The van der Waals surface area contributed by atoms with Gasteiger partial charge in [0.1, 0.15) is 12.1 Å². The highest BCUT2D eigenvalue weighted by molar-refractivity contribution is 6.08. The van der Waals surface area contributed by atoms with Crippen LogP contribution >= 0.6 is 0 Å². The molecule has 1 spiro atoms. The molecule has 1 saturated heterocycles. The first-order valence-corrected chi connectivity index (χ1v) is 9.48. The highest BCUT2D eigenvalue weighted by Gasteiger charge is 2.56. The predicted octanol–water partition coefficient (Wildman–Crippen LogP) is 2.18. The Kier molecular flexibility index (Phi) is 4.84. The Morgan fingerprint density at radius 1 is 1.23 bits per heavy atom. The molecule has 2 saturated carbocycles. The normalized spacial score (nSPS) is 34.1. The molecule has 0 radical (unpaired) electrons. The largest absolute Gasteiger partial charge is 0.453 e. The van der Waals surface area contributed by atoms with Gasteiger partial charge in [-0.25, -0.2) is 4.79 Å². The third-order valence-corrected chi connectivity index (χ3v) is 5.68. The number of imide groups is 1. The van der Waals surface area contributed by atoms with Gasteiger partial charge in [0.15, 0.2) is 11.9 Å². The standard InChI is InChI=1S/C19H28N2O5/c1-12-8-18(2,3)11-19(9-12)16(24)21(17(25)20-19)10-15(23)26-14-7-5-4-6-13(14)22/h12,14H,4-11H2,1-3H3,(H,20,25)/t12-,14+,19+/m0/s1. The van der Waals surface area contributed by atoms with Crippen molar-refractivity contribution >= 4 is 23.7 Å². The number of rotatable bonds is 3. The molecule has 1 heterocycles. The SMILES string of the molecule is C[C@H]1CC(C)(C)C[C@@]2(C1)NC(=O)N(CC(=O)O[C@@H]1CCCCC1=O)C2=O. The van der Waals surface area contributed by atoms with Crippen molar-refractivity contribution in [2.24, 2.45) is 11.3 Å². The molecule has 3 atom stereocenters. The Balaban J connectivity index is 1.67. The van der Waals surface area contributed by atoms with Gasteiger partial charge in [-0.15, -0.1) is 0 Å². The van der Waals surface area contributed by atoms with E-state index in [0.29, 0.717) is 31.6 Å². The molecule has 0 bridgehead atoms. The van der Waals surface area contributed by atoms with Crippen LogP contribution in [-0.2, 0) is 19.1 Å². The smallest absolute Gasteiger partial charge is 0.326 e. The van der Waals surface area contributed by atoms with Crippen molar-refractivity contribution in [3.63, 3.8) is 0 Å². The maximum absolute atomic E-state index is 13.0. The summed E-state index contributed by atoms with van der Waals surface area (Å²) in [7, 11) is 0. The number of carbonyl (C=O) groups is 4. The number of esters is 1. The van der Waals surface area contributed by atoms with Crippen LogP contribution in [0.15, 0.2) is 0 Å². The molecule has 3 rings (SSSR count). The van der Waals surface area contributed by atoms with Crippen LogP contribution in [0.3, 0.4) is 0 Å². The highest BCUT2D eigenvalue weighted by atomic mass is 16.5. The number of nitrogens with one attached hydrogen (secondary N) is 1. The lowest BCUT2D eigenvalue weighted by atomic mass is 9.64. The molecule has 0 aromatic carbocycles. The second-order valence-corrected chi connectivity index (χ2v) is 8.95. The van der Waals surface area contributed by atoms with E-state index in [1.165, 1.54) is 0 Å². The predicted molar refractivity (Wildman–Crippen MR) is 93.1 cm³/mol. The van der Waals surface area contributed by atoms with E-state index in [-0.39, 0.29) is 17.1 Å². The molecule has 7 heteroatoms. The van der Waals surface area contributed by atoms with Crippen LogP contribution in [0.1, 0.15) is 65.7 Å². The third-order valence-electron chi connectivity index (χ3n) is 5.68. The topological polar surface area (TPSA) is 92.8 Å². The Morgan fingerprint density at radius 2 is 1.96 bits per heavy atom.